The summed E-state index contributed by atoms with van der Waals surface area (Å²) in [5.74, 6) is 0. The second-order valence-corrected chi connectivity index (χ2v) is 7.44. The molecule has 0 amide bonds. The second-order valence-electron chi connectivity index (χ2n) is 7.44. The summed E-state index contributed by atoms with van der Waals surface area (Å²) in [7, 11) is 0. The molecular formula is C28H23N. The van der Waals surface area contributed by atoms with Gasteiger partial charge in [-0.3, -0.25) is 0 Å². The number of fused-ring (bicyclic) bond motifs is 1. The van der Waals surface area contributed by atoms with Gasteiger partial charge in [0.15, 0.2) is 0 Å². The van der Waals surface area contributed by atoms with Gasteiger partial charge >= 0.3 is 0 Å². The highest BCUT2D eigenvalue weighted by atomic mass is 15.2. The van der Waals surface area contributed by atoms with E-state index in [1.807, 2.05) is 0 Å². The zero-order valence-corrected chi connectivity index (χ0v) is 16.3. The Kier molecular flexibility index (Phi) is 4.72. The molecular weight excluding hydrogens is 350 g/mol. The molecule has 140 valence electrons. The molecule has 1 aliphatic rings. The molecule has 4 aromatic rings. The van der Waals surface area contributed by atoms with Gasteiger partial charge in [0.1, 0.15) is 0 Å². The Balaban J connectivity index is 1.71. The zero-order valence-electron chi connectivity index (χ0n) is 16.3. The highest BCUT2D eigenvalue weighted by Crippen LogP contribution is 2.43. The molecule has 0 N–H and O–H groups in total. The van der Waals surface area contributed by atoms with Gasteiger partial charge in [0, 0.05) is 11.4 Å². The molecule has 1 heteroatoms. The van der Waals surface area contributed by atoms with Crippen LogP contribution in [0.15, 0.2) is 115 Å². The standard InChI is InChI=1S/C28H23N/c1-4-12-22(13-5-1)20-28-26-19-11-10-16-24(26)21-27(23-14-6-2-7-15-23)29(28)25-17-8-3-9-18-25/h1-19,21,28H,20H2. The summed E-state index contributed by atoms with van der Waals surface area (Å²) in [6.07, 6.45) is 3.29. The van der Waals surface area contributed by atoms with Crippen molar-refractivity contribution in [1.29, 1.82) is 0 Å². The van der Waals surface area contributed by atoms with Crippen molar-refractivity contribution < 1.29 is 0 Å². The summed E-state index contributed by atoms with van der Waals surface area (Å²) >= 11 is 0. The van der Waals surface area contributed by atoms with E-state index in [0.29, 0.717) is 0 Å². The minimum absolute atomic E-state index is 0.233. The lowest BCUT2D eigenvalue weighted by molar-refractivity contribution is 0.690. The molecule has 0 bridgehead atoms. The fourth-order valence-electron chi connectivity index (χ4n) is 4.25. The van der Waals surface area contributed by atoms with Crippen molar-refractivity contribution in [2.45, 2.75) is 12.5 Å². The van der Waals surface area contributed by atoms with E-state index in [0.717, 1.165) is 6.42 Å². The first-order valence-electron chi connectivity index (χ1n) is 10.1. The summed E-state index contributed by atoms with van der Waals surface area (Å²) in [5.41, 5.74) is 7.74. The molecule has 0 radical (unpaired) electrons. The molecule has 1 unspecified atom stereocenters. The molecule has 0 saturated carbocycles. The van der Waals surface area contributed by atoms with Crippen molar-refractivity contribution in [3.8, 4) is 0 Å². The Morgan fingerprint density at radius 1 is 0.586 bits per heavy atom. The summed E-state index contributed by atoms with van der Waals surface area (Å²) < 4.78 is 0. The summed E-state index contributed by atoms with van der Waals surface area (Å²) in [5, 5.41) is 0. The third kappa shape index (κ3) is 3.48. The maximum absolute atomic E-state index is 2.50. The van der Waals surface area contributed by atoms with Crippen LogP contribution in [-0.4, -0.2) is 0 Å². The highest BCUT2D eigenvalue weighted by Gasteiger charge is 2.30. The topological polar surface area (TPSA) is 3.24 Å². The van der Waals surface area contributed by atoms with Gasteiger partial charge in [-0.05, 0) is 46.9 Å². The van der Waals surface area contributed by atoms with Gasteiger partial charge in [-0.1, -0.05) is 103 Å². The van der Waals surface area contributed by atoms with E-state index in [1.54, 1.807) is 0 Å². The van der Waals surface area contributed by atoms with Gasteiger partial charge in [-0.15, -0.1) is 0 Å². The summed E-state index contributed by atoms with van der Waals surface area (Å²) in [6.45, 7) is 0. The van der Waals surface area contributed by atoms with E-state index < -0.39 is 0 Å². The van der Waals surface area contributed by atoms with Crippen LogP contribution in [-0.2, 0) is 6.42 Å². The van der Waals surface area contributed by atoms with Gasteiger partial charge in [0.05, 0.1) is 6.04 Å². The van der Waals surface area contributed by atoms with Gasteiger partial charge in [0.25, 0.3) is 0 Å². The molecule has 1 aliphatic heterocycles. The van der Waals surface area contributed by atoms with Gasteiger partial charge < -0.3 is 4.90 Å². The van der Waals surface area contributed by atoms with Crippen molar-refractivity contribution in [2.75, 3.05) is 4.90 Å². The molecule has 0 aromatic heterocycles. The van der Waals surface area contributed by atoms with Crippen LogP contribution >= 0.6 is 0 Å². The van der Waals surface area contributed by atoms with E-state index in [2.05, 4.69) is 126 Å². The number of hydrogen-bond donors (Lipinski definition) is 0. The lowest BCUT2D eigenvalue weighted by Crippen LogP contribution is -2.32. The Morgan fingerprint density at radius 3 is 1.90 bits per heavy atom. The number of anilines is 1. The van der Waals surface area contributed by atoms with E-state index >= 15 is 0 Å². The first-order valence-corrected chi connectivity index (χ1v) is 10.1. The third-order valence-corrected chi connectivity index (χ3v) is 5.59. The predicted octanol–water partition coefficient (Wildman–Crippen LogP) is 6.99. The zero-order chi connectivity index (χ0) is 19.5. The number of benzene rings is 4. The number of para-hydroxylation sites is 1. The number of hydrogen-bond acceptors (Lipinski definition) is 1. The first-order chi connectivity index (χ1) is 14.4. The smallest absolute Gasteiger partial charge is 0.0637 e. The maximum atomic E-state index is 2.50. The molecule has 1 nitrogen and oxygen atoms in total. The molecule has 0 spiro atoms. The fourth-order valence-corrected chi connectivity index (χ4v) is 4.25. The van der Waals surface area contributed by atoms with Crippen LogP contribution in [0.3, 0.4) is 0 Å². The number of rotatable bonds is 4. The minimum Gasteiger partial charge on any atom is -0.333 e. The Hall–Kier alpha value is -3.58. The molecule has 1 atom stereocenters. The van der Waals surface area contributed by atoms with Gasteiger partial charge in [-0.25, -0.2) is 0 Å². The lowest BCUT2D eigenvalue weighted by atomic mass is 9.87. The highest BCUT2D eigenvalue weighted by molar-refractivity contribution is 5.93. The van der Waals surface area contributed by atoms with Crippen molar-refractivity contribution >= 4 is 17.5 Å². The maximum Gasteiger partial charge on any atom is 0.0637 e. The molecule has 0 aliphatic carbocycles. The summed E-state index contributed by atoms with van der Waals surface area (Å²) in [6, 6.07) is 41.3. The normalized spacial score (nSPS) is 15.5. The van der Waals surface area contributed by atoms with E-state index in [4.69, 9.17) is 0 Å². The van der Waals surface area contributed by atoms with Crippen LogP contribution in [0.25, 0.3) is 11.8 Å². The molecule has 1 heterocycles. The van der Waals surface area contributed by atoms with Crippen molar-refractivity contribution in [2.24, 2.45) is 0 Å². The third-order valence-electron chi connectivity index (χ3n) is 5.59. The molecule has 0 fully saturated rings. The second kappa shape index (κ2) is 7.81. The van der Waals surface area contributed by atoms with Gasteiger partial charge in [0.2, 0.25) is 0 Å². The molecule has 4 aromatic carbocycles. The largest absolute Gasteiger partial charge is 0.333 e. The van der Waals surface area contributed by atoms with E-state index in [9.17, 15) is 0 Å². The molecule has 5 rings (SSSR count). The predicted molar refractivity (Wildman–Crippen MR) is 123 cm³/mol. The number of nitrogens with zero attached hydrogens (tertiary/aromatic N) is 1. The van der Waals surface area contributed by atoms with Gasteiger partial charge in [-0.2, -0.15) is 0 Å². The van der Waals surface area contributed by atoms with Crippen LogP contribution in [0.4, 0.5) is 5.69 Å². The average Bonchev–Trinajstić information content (AvgIpc) is 2.81. The van der Waals surface area contributed by atoms with Crippen molar-refractivity contribution in [3.05, 3.63) is 138 Å². The van der Waals surface area contributed by atoms with Crippen LogP contribution in [0, 0.1) is 0 Å². The van der Waals surface area contributed by atoms with Crippen molar-refractivity contribution in [1.82, 2.24) is 0 Å². The monoisotopic (exact) mass is 373 g/mol. The fraction of sp³-hybridized carbons (Fsp3) is 0.0714. The van der Waals surface area contributed by atoms with E-state index in [-0.39, 0.29) is 6.04 Å². The minimum atomic E-state index is 0.233. The Bertz CT molecular complexity index is 1110. The lowest BCUT2D eigenvalue weighted by Gasteiger charge is -2.40. The average molecular weight is 373 g/mol. The summed E-state index contributed by atoms with van der Waals surface area (Å²) in [4.78, 5) is 2.50. The van der Waals surface area contributed by atoms with Crippen LogP contribution in [0.2, 0.25) is 0 Å². The van der Waals surface area contributed by atoms with Crippen molar-refractivity contribution in [3.63, 3.8) is 0 Å². The van der Waals surface area contributed by atoms with E-state index in [1.165, 1.54) is 33.6 Å². The first kappa shape index (κ1) is 17.5. The van der Waals surface area contributed by atoms with Crippen LogP contribution < -0.4 is 4.90 Å². The van der Waals surface area contributed by atoms with Crippen LogP contribution in [0.1, 0.15) is 28.3 Å². The Morgan fingerprint density at radius 2 is 1.17 bits per heavy atom. The molecule has 0 saturated heterocycles. The van der Waals surface area contributed by atoms with Crippen LogP contribution in [0.5, 0.6) is 0 Å². The molecule has 29 heavy (non-hydrogen) atoms. The SMILES string of the molecule is C1=C(c2ccccc2)N(c2ccccc2)C(Cc2ccccc2)c2ccccc21. The Labute approximate surface area is 172 Å². The quantitative estimate of drug-likeness (QED) is 0.373.